The number of aromatic nitrogens is 5. The highest BCUT2D eigenvalue weighted by Gasteiger charge is 2.40. The van der Waals surface area contributed by atoms with E-state index >= 15 is 0 Å². The summed E-state index contributed by atoms with van der Waals surface area (Å²) in [4.78, 5) is 10.7. The van der Waals surface area contributed by atoms with Crippen molar-refractivity contribution >= 4 is 38.9 Å². The zero-order chi connectivity index (χ0) is 23.6. The molecule has 0 saturated heterocycles. The lowest BCUT2D eigenvalue weighted by Crippen LogP contribution is -2.37. The molecular weight excluding hydrogens is 513 g/mol. The van der Waals surface area contributed by atoms with E-state index in [1.807, 2.05) is 10.6 Å². The molecule has 0 bridgehead atoms. The molecule has 0 spiro atoms. The Hall–Kier alpha value is -2.11. The second-order valence-corrected chi connectivity index (χ2v) is 6.22. The van der Waals surface area contributed by atoms with Crippen LogP contribution in [0.3, 0.4) is 0 Å². The minimum Gasteiger partial charge on any atom is -0.342 e. The van der Waals surface area contributed by atoms with E-state index < -0.39 is 67.0 Å². The molecule has 33 heavy (non-hydrogen) atoms. The Morgan fingerprint density at radius 2 is 1.21 bits per heavy atom. The van der Waals surface area contributed by atoms with Gasteiger partial charge in [0.05, 0.1) is 0 Å². The van der Waals surface area contributed by atoms with Crippen LogP contribution in [-0.2, 0) is 6.18 Å². The van der Waals surface area contributed by atoms with E-state index in [1.165, 1.54) is 13.8 Å². The van der Waals surface area contributed by atoms with E-state index in [1.54, 1.807) is 0 Å². The fourth-order valence-electron chi connectivity index (χ4n) is 2.33. The van der Waals surface area contributed by atoms with Crippen LogP contribution in [0.25, 0.3) is 5.95 Å². The van der Waals surface area contributed by atoms with E-state index in [4.69, 9.17) is 0 Å². The lowest BCUT2D eigenvalue weighted by molar-refractivity contribution is -0.143. The molecule has 2 heterocycles. The second kappa shape index (κ2) is 11.3. The van der Waals surface area contributed by atoms with Gasteiger partial charge in [-0.2, -0.15) is 86.6 Å². The molecule has 2 aromatic rings. The third kappa shape index (κ3) is 8.31. The van der Waals surface area contributed by atoms with E-state index in [-0.39, 0.29) is 27.0 Å². The quantitative estimate of drug-likeness (QED) is 0.498. The van der Waals surface area contributed by atoms with Crippen LogP contribution in [0.2, 0.25) is 0 Å². The van der Waals surface area contributed by atoms with Gasteiger partial charge in [-0.05, 0) is 18.9 Å². The Balaban J connectivity index is 0.00000512. The van der Waals surface area contributed by atoms with Gasteiger partial charge in [0, 0.05) is 6.20 Å². The van der Waals surface area contributed by atoms with Crippen LogP contribution >= 0.6 is 27.0 Å². The number of hydrogen-bond acceptors (Lipinski definition) is 6. The van der Waals surface area contributed by atoms with Gasteiger partial charge in [0.1, 0.15) is 12.1 Å². The summed E-state index contributed by atoms with van der Waals surface area (Å²) in [7, 11) is 0. The molecule has 2 atom stereocenters. The van der Waals surface area contributed by atoms with Crippen molar-refractivity contribution in [2.24, 2.45) is 0 Å². The lowest BCUT2D eigenvalue weighted by Gasteiger charge is -2.22. The van der Waals surface area contributed by atoms with Crippen molar-refractivity contribution < 1.29 is 39.5 Å². The molecule has 0 saturated carbocycles. The molecule has 0 fully saturated rings. The third-order valence-electron chi connectivity index (χ3n) is 3.92. The number of anilines is 2. The number of hydrogen-bond donors (Lipinski definition) is 2. The van der Waals surface area contributed by atoms with Crippen molar-refractivity contribution in [3.05, 3.63) is 18.0 Å². The number of nitrogens with one attached hydrogen (secondary N) is 2. The number of rotatable bonds is 7. The Morgan fingerprint density at radius 3 is 1.52 bits per heavy atom. The average Bonchev–Trinajstić information content (AvgIpc) is 3.12. The van der Waals surface area contributed by atoms with Gasteiger partial charge in [-0.25, -0.2) is 4.68 Å². The second-order valence-electron chi connectivity index (χ2n) is 6.22. The van der Waals surface area contributed by atoms with Gasteiger partial charge < -0.3 is 10.6 Å². The lowest BCUT2D eigenvalue weighted by atomic mass is 10.2. The van der Waals surface area contributed by atoms with E-state index in [2.05, 4.69) is 20.1 Å². The molecule has 2 N–H and O–H groups in total. The first-order valence-corrected chi connectivity index (χ1v) is 8.71. The van der Waals surface area contributed by atoms with Gasteiger partial charge >= 0.3 is 18.5 Å². The third-order valence-corrected chi connectivity index (χ3v) is 3.92. The van der Waals surface area contributed by atoms with Gasteiger partial charge in [0.15, 0.2) is 5.69 Å². The highest BCUT2D eigenvalue weighted by molar-refractivity contribution is 7.59. The molecule has 0 radical (unpaired) electrons. The van der Waals surface area contributed by atoms with Gasteiger partial charge in [0.25, 0.3) is 5.95 Å². The predicted molar refractivity (Wildman–Crippen MR) is 110 cm³/mol. The predicted octanol–water partition coefficient (Wildman–Crippen LogP) is 4.81. The molecule has 0 amide bonds. The largest absolute Gasteiger partial charge is 0.435 e. The highest BCUT2D eigenvalue weighted by atomic mass is 32.1. The molecule has 2 aromatic heterocycles. The van der Waals surface area contributed by atoms with Crippen molar-refractivity contribution in [2.45, 2.75) is 57.3 Å². The first kappa shape index (κ1) is 30.9. The van der Waals surface area contributed by atoms with Gasteiger partial charge in [-0.15, -0.1) is 0 Å². The van der Waals surface area contributed by atoms with Gasteiger partial charge in [-0.1, -0.05) is 13.8 Å². The summed E-state index contributed by atoms with van der Waals surface area (Å²) in [5, 5.41) is 7.00. The molecule has 7 nitrogen and oxygen atoms in total. The Morgan fingerprint density at radius 1 is 0.788 bits per heavy atom. The zero-order valence-corrected chi connectivity index (χ0v) is 18.9. The van der Waals surface area contributed by atoms with Crippen LogP contribution < -0.4 is 10.6 Å². The molecule has 0 aliphatic carbocycles. The molecule has 0 aromatic carbocycles. The van der Waals surface area contributed by atoms with E-state index in [0.717, 1.165) is 6.20 Å². The number of halogens is 9. The maximum Gasteiger partial charge on any atom is 0.435 e. The molecule has 0 aliphatic rings. The standard InChI is InChI=1S/C15H16F9N7.2H2S/c1-3-7(13(16,17)18)25-10-27-11(26-8(4-2)14(19,20)21)29-12(28-10)31-6-5-9(30-31)15(22,23)24;;/h5-8H,3-4H2,1-2H3,(H2,25,26,27,28,29);2*1H2/t7-,8-;;/m0../s1. The monoisotopic (exact) mass is 533 g/mol. The summed E-state index contributed by atoms with van der Waals surface area (Å²) in [5.41, 5.74) is -1.36. The van der Waals surface area contributed by atoms with Crippen LogP contribution in [-0.4, -0.2) is 49.2 Å². The number of alkyl halides is 9. The summed E-state index contributed by atoms with van der Waals surface area (Å²) >= 11 is 0. The smallest absolute Gasteiger partial charge is 0.342 e. The van der Waals surface area contributed by atoms with Crippen molar-refractivity contribution in [3.63, 3.8) is 0 Å². The van der Waals surface area contributed by atoms with Gasteiger partial charge in [-0.3, -0.25) is 0 Å². The van der Waals surface area contributed by atoms with E-state index in [9.17, 15) is 39.5 Å². The maximum absolute atomic E-state index is 13.0. The van der Waals surface area contributed by atoms with Crippen molar-refractivity contribution in [3.8, 4) is 5.95 Å². The minimum absolute atomic E-state index is 0. The summed E-state index contributed by atoms with van der Waals surface area (Å²) in [6, 6.07) is -3.79. The first-order valence-electron chi connectivity index (χ1n) is 8.71. The topological polar surface area (TPSA) is 80.5 Å². The normalized spacial score (nSPS) is 14.0. The SMILES string of the molecule is CC[C@H](Nc1nc(N[C@@H](CC)C(F)(F)F)nc(-n2ccc(C(F)(F)F)n2)n1)C(F)(F)F.S.S. The summed E-state index contributed by atoms with van der Waals surface area (Å²) in [6.45, 7) is 2.37. The fraction of sp³-hybridized carbons (Fsp3) is 0.600. The van der Waals surface area contributed by atoms with Crippen LogP contribution in [0.4, 0.5) is 51.4 Å². The zero-order valence-electron chi connectivity index (χ0n) is 16.9. The molecular formula is C15H20F9N7S2. The molecule has 2 rings (SSSR count). The fourth-order valence-corrected chi connectivity index (χ4v) is 2.33. The van der Waals surface area contributed by atoms with Gasteiger partial charge in [0.2, 0.25) is 11.9 Å². The molecule has 190 valence electrons. The van der Waals surface area contributed by atoms with Crippen molar-refractivity contribution in [1.82, 2.24) is 24.7 Å². The Labute approximate surface area is 195 Å². The molecule has 0 unspecified atom stereocenters. The Bertz CT molecular complexity index is 842. The summed E-state index contributed by atoms with van der Waals surface area (Å²) in [5.74, 6) is -2.31. The Kier molecular flexibility index (Phi) is 10.6. The highest BCUT2D eigenvalue weighted by Crippen LogP contribution is 2.29. The average molecular weight is 533 g/mol. The first-order chi connectivity index (χ1) is 14.1. The van der Waals surface area contributed by atoms with Crippen LogP contribution in [0.1, 0.15) is 32.4 Å². The molecule has 0 aliphatic heterocycles. The van der Waals surface area contributed by atoms with Crippen LogP contribution in [0, 0.1) is 0 Å². The van der Waals surface area contributed by atoms with Crippen molar-refractivity contribution in [1.29, 1.82) is 0 Å². The van der Waals surface area contributed by atoms with Crippen LogP contribution in [0.5, 0.6) is 0 Å². The summed E-state index contributed by atoms with van der Waals surface area (Å²) < 4.78 is 117. The maximum atomic E-state index is 13.0. The molecule has 18 heteroatoms. The summed E-state index contributed by atoms with van der Waals surface area (Å²) in [6.07, 6.45) is -14.5. The van der Waals surface area contributed by atoms with Crippen LogP contribution in [0.15, 0.2) is 12.3 Å². The minimum atomic E-state index is -4.84. The van der Waals surface area contributed by atoms with E-state index in [0.29, 0.717) is 10.7 Å². The van der Waals surface area contributed by atoms with Crippen molar-refractivity contribution in [2.75, 3.05) is 10.6 Å². The number of nitrogens with zero attached hydrogens (tertiary/aromatic N) is 5.